The molecule has 0 heterocycles. The van der Waals surface area contributed by atoms with Crippen LogP contribution in [-0.4, -0.2) is 28.9 Å². The highest BCUT2D eigenvalue weighted by molar-refractivity contribution is 6.06. The molecule has 28 heavy (non-hydrogen) atoms. The fourth-order valence-electron chi connectivity index (χ4n) is 2.59. The van der Waals surface area contributed by atoms with E-state index in [1.807, 2.05) is 19.9 Å². The first kappa shape index (κ1) is 20.9. The maximum absolute atomic E-state index is 12.8. The zero-order chi connectivity index (χ0) is 20.5. The van der Waals surface area contributed by atoms with Gasteiger partial charge in [-0.15, -0.1) is 0 Å². The molecule has 0 fully saturated rings. The van der Waals surface area contributed by atoms with Crippen molar-refractivity contribution >= 4 is 23.9 Å². The lowest BCUT2D eigenvalue weighted by molar-refractivity contribution is -0.141. The summed E-state index contributed by atoms with van der Waals surface area (Å²) in [6, 6.07) is 16.5. The van der Waals surface area contributed by atoms with Crippen LogP contribution in [0.3, 0.4) is 0 Å². The summed E-state index contributed by atoms with van der Waals surface area (Å²) in [7, 11) is 0. The smallest absolute Gasteiger partial charge is 0.326 e. The minimum absolute atomic E-state index is 0.0185. The van der Waals surface area contributed by atoms with E-state index < -0.39 is 23.8 Å². The molecular weight excluding hydrogens is 356 g/mol. The molecule has 2 aromatic carbocycles. The zero-order valence-corrected chi connectivity index (χ0v) is 15.9. The number of hydrogen-bond acceptors (Lipinski definition) is 3. The zero-order valence-electron chi connectivity index (χ0n) is 15.9. The largest absolute Gasteiger partial charge is 0.480 e. The average Bonchev–Trinajstić information content (AvgIpc) is 2.68. The Morgan fingerprint density at radius 1 is 0.964 bits per heavy atom. The number of benzene rings is 2. The highest BCUT2D eigenvalue weighted by Gasteiger charge is 2.24. The van der Waals surface area contributed by atoms with Crippen LogP contribution in [0.1, 0.15) is 36.2 Å². The molecule has 0 aliphatic heterocycles. The highest BCUT2D eigenvalue weighted by Crippen LogP contribution is 2.10. The Morgan fingerprint density at radius 2 is 1.54 bits per heavy atom. The number of carbonyl (C=O) groups is 3. The van der Waals surface area contributed by atoms with E-state index in [2.05, 4.69) is 10.6 Å². The standard InChI is InChI=1S/C22H24N2O4/c1-15(2)13-19(22(27)28)24-21(26)18(14-16-9-5-3-6-10-16)23-20(25)17-11-7-4-8-12-17/h3-12,14-15,19H,13H2,1-2H3,(H,23,25)(H,24,26)(H,27,28). The predicted octanol–water partition coefficient (Wildman–Crippen LogP) is 3.07. The van der Waals surface area contributed by atoms with Crippen LogP contribution in [0.25, 0.3) is 6.08 Å². The van der Waals surface area contributed by atoms with Crippen LogP contribution < -0.4 is 10.6 Å². The van der Waals surface area contributed by atoms with E-state index in [-0.39, 0.29) is 18.0 Å². The molecule has 2 rings (SSSR count). The van der Waals surface area contributed by atoms with Crippen LogP contribution in [-0.2, 0) is 9.59 Å². The summed E-state index contributed by atoms with van der Waals surface area (Å²) in [5.74, 6) is -2.13. The number of carboxylic acids is 1. The minimum atomic E-state index is -1.12. The van der Waals surface area contributed by atoms with Gasteiger partial charge in [-0.1, -0.05) is 62.4 Å². The summed E-state index contributed by atoms with van der Waals surface area (Å²) >= 11 is 0. The second kappa shape index (κ2) is 10.1. The van der Waals surface area contributed by atoms with Crippen molar-refractivity contribution in [2.24, 2.45) is 5.92 Å². The molecule has 0 aliphatic carbocycles. The van der Waals surface area contributed by atoms with Gasteiger partial charge in [0.05, 0.1) is 0 Å². The fourth-order valence-corrected chi connectivity index (χ4v) is 2.59. The van der Waals surface area contributed by atoms with Gasteiger partial charge in [0.2, 0.25) is 0 Å². The summed E-state index contributed by atoms with van der Waals surface area (Å²) < 4.78 is 0. The molecule has 6 nitrogen and oxygen atoms in total. The summed E-state index contributed by atoms with van der Waals surface area (Å²) in [6.07, 6.45) is 1.80. The average molecular weight is 380 g/mol. The maximum Gasteiger partial charge on any atom is 0.326 e. The van der Waals surface area contributed by atoms with Crippen LogP contribution in [0.5, 0.6) is 0 Å². The van der Waals surface area contributed by atoms with E-state index >= 15 is 0 Å². The first-order chi connectivity index (χ1) is 13.4. The van der Waals surface area contributed by atoms with E-state index in [9.17, 15) is 19.5 Å². The number of carboxylic acid groups (broad SMARTS) is 1. The molecule has 0 aliphatic rings. The Kier molecular flexibility index (Phi) is 7.51. The second-order valence-corrected chi connectivity index (χ2v) is 6.78. The molecule has 146 valence electrons. The minimum Gasteiger partial charge on any atom is -0.480 e. The van der Waals surface area contributed by atoms with Gasteiger partial charge < -0.3 is 15.7 Å². The fraction of sp³-hybridized carbons (Fsp3) is 0.227. The van der Waals surface area contributed by atoms with Crippen LogP contribution in [0, 0.1) is 5.92 Å². The van der Waals surface area contributed by atoms with Crippen molar-refractivity contribution in [3.63, 3.8) is 0 Å². The van der Waals surface area contributed by atoms with Crippen LogP contribution >= 0.6 is 0 Å². The monoisotopic (exact) mass is 380 g/mol. The van der Waals surface area contributed by atoms with Crippen molar-refractivity contribution < 1.29 is 19.5 Å². The first-order valence-electron chi connectivity index (χ1n) is 9.03. The van der Waals surface area contributed by atoms with E-state index in [1.165, 1.54) is 6.08 Å². The molecule has 2 aromatic rings. The van der Waals surface area contributed by atoms with E-state index in [1.54, 1.807) is 54.6 Å². The van der Waals surface area contributed by atoms with Crippen molar-refractivity contribution in [3.8, 4) is 0 Å². The van der Waals surface area contributed by atoms with Gasteiger partial charge in [0.1, 0.15) is 11.7 Å². The van der Waals surface area contributed by atoms with Crippen LogP contribution in [0.15, 0.2) is 66.4 Å². The summed E-state index contributed by atoms with van der Waals surface area (Å²) in [5, 5.41) is 14.5. The van der Waals surface area contributed by atoms with Crippen molar-refractivity contribution in [1.82, 2.24) is 10.6 Å². The quantitative estimate of drug-likeness (QED) is 0.613. The van der Waals surface area contributed by atoms with Gasteiger partial charge in [0, 0.05) is 5.56 Å². The lowest BCUT2D eigenvalue weighted by Crippen LogP contribution is -2.45. The highest BCUT2D eigenvalue weighted by atomic mass is 16.4. The Morgan fingerprint density at radius 3 is 2.07 bits per heavy atom. The second-order valence-electron chi connectivity index (χ2n) is 6.78. The number of carbonyl (C=O) groups excluding carboxylic acids is 2. The van der Waals surface area contributed by atoms with Crippen molar-refractivity contribution in [2.45, 2.75) is 26.3 Å². The molecule has 1 atom stereocenters. The maximum atomic E-state index is 12.8. The normalized spacial score (nSPS) is 12.3. The number of aliphatic carboxylic acids is 1. The summed E-state index contributed by atoms with van der Waals surface area (Å²) in [6.45, 7) is 3.75. The third-order valence-electron chi connectivity index (χ3n) is 3.95. The van der Waals surface area contributed by atoms with E-state index in [0.717, 1.165) is 0 Å². The lowest BCUT2D eigenvalue weighted by Gasteiger charge is -2.18. The van der Waals surface area contributed by atoms with Crippen molar-refractivity contribution in [3.05, 3.63) is 77.5 Å². The van der Waals surface area contributed by atoms with Crippen molar-refractivity contribution in [1.29, 1.82) is 0 Å². The number of hydrogen-bond donors (Lipinski definition) is 3. The number of rotatable bonds is 8. The Labute approximate surface area is 164 Å². The molecule has 1 unspecified atom stereocenters. The molecule has 0 spiro atoms. The van der Waals surface area contributed by atoms with Gasteiger partial charge in [-0.25, -0.2) is 4.79 Å². The topological polar surface area (TPSA) is 95.5 Å². The molecule has 0 saturated heterocycles. The van der Waals surface area contributed by atoms with Gasteiger partial charge in [-0.05, 0) is 36.1 Å². The van der Waals surface area contributed by atoms with Gasteiger partial charge in [-0.3, -0.25) is 9.59 Å². The molecular formula is C22H24N2O4. The lowest BCUT2D eigenvalue weighted by atomic mass is 10.0. The van der Waals surface area contributed by atoms with Gasteiger partial charge in [-0.2, -0.15) is 0 Å². The molecule has 0 bridgehead atoms. The molecule has 6 heteroatoms. The Balaban J connectivity index is 2.27. The van der Waals surface area contributed by atoms with Gasteiger partial charge in [0.25, 0.3) is 11.8 Å². The third kappa shape index (κ3) is 6.39. The molecule has 0 radical (unpaired) electrons. The molecule has 2 amide bonds. The molecule has 0 aromatic heterocycles. The van der Waals surface area contributed by atoms with Crippen LogP contribution in [0.2, 0.25) is 0 Å². The van der Waals surface area contributed by atoms with E-state index in [4.69, 9.17) is 0 Å². The predicted molar refractivity (Wildman–Crippen MR) is 107 cm³/mol. The first-order valence-corrected chi connectivity index (χ1v) is 9.03. The van der Waals surface area contributed by atoms with Crippen molar-refractivity contribution in [2.75, 3.05) is 0 Å². The summed E-state index contributed by atoms with van der Waals surface area (Å²) in [5.41, 5.74) is 1.08. The Bertz CT molecular complexity index is 845. The Hall–Kier alpha value is -3.41. The third-order valence-corrected chi connectivity index (χ3v) is 3.95. The number of amides is 2. The molecule has 3 N–H and O–H groups in total. The van der Waals surface area contributed by atoms with Gasteiger partial charge in [0.15, 0.2) is 0 Å². The SMILES string of the molecule is CC(C)CC(NC(=O)C(=Cc1ccccc1)NC(=O)c1ccccc1)C(=O)O. The number of nitrogens with one attached hydrogen (secondary N) is 2. The summed E-state index contributed by atoms with van der Waals surface area (Å²) in [4.78, 5) is 36.7. The van der Waals surface area contributed by atoms with Gasteiger partial charge >= 0.3 is 5.97 Å². The van der Waals surface area contributed by atoms with E-state index in [0.29, 0.717) is 11.1 Å². The molecule has 0 saturated carbocycles. The van der Waals surface area contributed by atoms with Crippen LogP contribution in [0.4, 0.5) is 0 Å².